The number of ether oxygens (including phenoxy) is 1. The molecule has 4 heterocycles. The number of phenolic OH excluding ortho intramolecular Hbond substituents is 1. The Balaban J connectivity index is 1.04. The number of halogens is 1. The number of aromatic nitrogens is 2. The molecule has 1 aromatic heterocycles. The topological polar surface area (TPSA) is 201 Å². The normalized spacial score (nSPS) is 20.1. The molecule has 3 aromatic carbocycles. The minimum atomic E-state index is -4.36. The van der Waals surface area contributed by atoms with Crippen molar-refractivity contribution in [1.29, 1.82) is 0 Å². The van der Waals surface area contributed by atoms with Gasteiger partial charge in [0.25, 0.3) is 5.91 Å². The van der Waals surface area contributed by atoms with E-state index in [1.807, 2.05) is 12.1 Å². The number of carbonyl (C=O) groups is 4. The van der Waals surface area contributed by atoms with Crippen molar-refractivity contribution in [2.75, 3.05) is 41.3 Å². The smallest absolute Gasteiger partial charge is 0.329 e. The van der Waals surface area contributed by atoms with Gasteiger partial charge in [-0.05, 0) is 67.1 Å². The Hall–Kier alpha value is -5.49. The number of rotatable bonds is 7. The number of hydrogen-bond acceptors (Lipinski definition) is 10. The molecule has 3 aliphatic heterocycles. The maximum Gasteiger partial charge on any atom is 0.329 e. The zero-order chi connectivity index (χ0) is 36.4. The molecule has 0 spiro atoms. The molecule has 3 fully saturated rings. The van der Waals surface area contributed by atoms with Gasteiger partial charge in [0.1, 0.15) is 24.0 Å². The van der Waals surface area contributed by atoms with E-state index in [1.54, 1.807) is 24.9 Å². The van der Waals surface area contributed by atoms with Crippen LogP contribution in [0, 0.1) is 5.82 Å². The van der Waals surface area contributed by atoms with Crippen molar-refractivity contribution in [1.82, 2.24) is 19.2 Å². The maximum atomic E-state index is 15.5. The van der Waals surface area contributed by atoms with Gasteiger partial charge in [-0.2, -0.15) is 8.42 Å². The molecule has 268 valence electrons. The zero-order valence-electron chi connectivity index (χ0n) is 27.6. The minimum absolute atomic E-state index is 0.0180. The number of aromatic hydroxyl groups is 1. The second kappa shape index (κ2) is 12.4. The van der Waals surface area contributed by atoms with Crippen LogP contribution >= 0.6 is 0 Å². The van der Waals surface area contributed by atoms with E-state index < -0.39 is 57.5 Å². The average Bonchev–Trinajstić information content (AvgIpc) is 3.49. The molecule has 0 radical (unpaired) electrons. The first-order valence-electron chi connectivity index (χ1n) is 16.1. The van der Waals surface area contributed by atoms with E-state index in [0.29, 0.717) is 47.0 Å². The number of nitrogens with zero attached hydrogens (tertiary/aromatic N) is 4. The second-order valence-electron chi connectivity index (χ2n) is 13.0. The Morgan fingerprint density at radius 2 is 1.80 bits per heavy atom. The van der Waals surface area contributed by atoms with E-state index in [-0.39, 0.29) is 47.5 Å². The molecule has 4 N–H and O–H groups in total. The van der Waals surface area contributed by atoms with Gasteiger partial charge >= 0.3 is 15.9 Å². The van der Waals surface area contributed by atoms with Crippen molar-refractivity contribution in [2.45, 2.75) is 43.7 Å². The number of piperidine rings is 2. The monoisotopic (exact) mass is 723 g/mol. The summed E-state index contributed by atoms with van der Waals surface area (Å²) < 4.78 is 51.0. The fraction of sp³-hybridized carbons (Fsp3) is 0.364. The van der Waals surface area contributed by atoms with Crippen molar-refractivity contribution in [3.63, 3.8) is 0 Å². The van der Waals surface area contributed by atoms with Gasteiger partial charge in [0.15, 0.2) is 5.82 Å². The van der Waals surface area contributed by atoms with E-state index in [2.05, 4.69) is 15.5 Å². The fourth-order valence-electron chi connectivity index (χ4n) is 7.20. The molecule has 4 amide bonds. The van der Waals surface area contributed by atoms with Crippen LogP contribution in [-0.4, -0.2) is 78.6 Å². The zero-order valence-corrected chi connectivity index (χ0v) is 28.4. The van der Waals surface area contributed by atoms with E-state index in [9.17, 15) is 37.5 Å². The number of benzene rings is 3. The quantitative estimate of drug-likeness (QED) is 0.203. The Morgan fingerprint density at radius 1 is 1.06 bits per heavy atom. The molecule has 0 bridgehead atoms. The number of hydrogen-bond donors (Lipinski definition) is 4. The maximum absolute atomic E-state index is 15.5. The molecule has 1 unspecified atom stereocenters. The number of fused-ring (bicyclic) bond motifs is 2. The first-order valence-corrected chi connectivity index (χ1v) is 17.6. The van der Waals surface area contributed by atoms with Crippen molar-refractivity contribution >= 4 is 72.7 Å². The Kier molecular flexibility index (Phi) is 8.25. The minimum Gasteiger partial charge on any atom is -0.506 e. The van der Waals surface area contributed by atoms with Crippen LogP contribution in [-0.2, 0) is 41.2 Å². The van der Waals surface area contributed by atoms with E-state index >= 15 is 4.39 Å². The van der Waals surface area contributed by atoms with Gasteiger partial charge in [-0.15, -0.1) is 0 Å². The molecule has 3 aliphatic rings. The molecule has 7 rings (SSSR count). The molecule has 51 heavy (non-hydrogen) atoms. The van der Waals surface area contributed by atoms with Gasteiger partial charge in [0.2, 0.25) is 17.7 Å². The number of anilines is 3. The highest BCUT2D eigenvalue weighted by atomic mass is 32.2. The lowest BCUT2D eigenvalue weighted by atomic mass is 9.87. The summed E-state index contributed by atoms with van der Waals surface area (Å²) in [6, 6.07) is 10.2. The highest BCUT2D eigenvalue weighted by molar-refractivity contribution is 7.92. The number of nitrogens with one attached hydrogen (secondary N) is 3. The van der Waals surface area contributed by atoms with Crippen LogP contribution in [0.25, 0.3) is 21.8 Å². The SMILES string of the molecule is COC1(CC(=O)Nc2ccc3c(F)c(N4CC(=O)NS4(=O)=O)c(O)cc3c2)CCN(c2ccc3c(c2)n(C)c(=O)n3C2CCC(=O)NC2=O)CC1. The molecule has 0 aliphatic carbocycles. The van der Waals surface area contributed by atoms with Crippen LogP contribution in [0.2, 0.25) is 0 Å². The van der Waals surface area contributed by atoms with E-state index in [0.717, 1.165) is 11.8 Å². The van der Waals surface area contributed by atoms with Crippen LogP contribution in [0.5, 0.6) is 5.75 Å². The molecular formula is C33H34FN7O9S. The van der Waals surface area contributed by atoms with Crippen LogP contribution in [0.1, 0.15) is 38.1 Å². The Bertz CT molecular complexity index is 2330. The summed E-state index contributed by atoms with van der Waals surface area (Å²) in [5.41, 5.74) is 0.602. The van der Waals surface area contributed by atoms with Crippen molar-refractivity contribution in [3.05, 3.63) is 58.8 Å². The number of amides is 4. The Morgan fingerprint density at radius 3 is 2.47 bits per heavy atom. The van der Waals surface area contributed by atoms with Gasteiger partial charge < -0.3 is 20.1 Å². The summed E-state index contributed by atoms with van der Waals surface area (Å²) in [5, 5.41) is 15.8. The largest absolute Gasteiger partial charge is 0.506 e. The third-order valence-corrected chi connectivity index (χ3v) is 11.3. The van der Waals surface area contributed by atoms with Crippen LogP contribution in [0.3, 0.4) is 0 Å². The van der Waals surface area contributed by atoms with Crippen molar-refractivity contribution in [2.24, 2.45) is 7.05 Å². The van der Waals surface area contributed by atoms with Gasteiger partial charge in [-0.3, -0.25) is 33.6 Å². The molecule has 1 atom stereocenters. The number of aryl methyl sites for hydroxylation is 1. The molecular weight excluding hydrogens is 689 g/mol. The van der Waals surface area contributed by atoms with Crippen LogP contribution in [0.4, 0.5) is 21.5 Å². The summed E-state index contributed by atoms with van der Waals surface area (Å²) >= 11 is 0. The standard InChI is InChI=1S/C33H34FN7O9S/c1-38-24-15-20(4-6-22(24)41(32(38)47)23-7-8-26(43)36-31(23)46)39-11-9-33(50-2,10-12-39)16-27(44)35-19-3-5-21-18(13-19)14-25(42)30(29(21)34)40-17-28(45)37-51(40,48)49/h3-6,13-15,23,42H,7-12,16-17H2,1-2H3,(H,35,44)(H,37,45)(H,36,43,46). The highest BCUT2D eigenvalue weighted by Gasteiger charge is 2.39. The fourth-order valence-corrected chi connectivity index (χ4v) is 8.36. The summed E-state index contributed by atoms with van der Waals surface area (Å²) in [6.07, 6.45) is 1.41. The Labute approximate surface area is 289 Å². The first kappa shape index (κ1) is 34.0. The lowest BCUT2D eigenvalue weighted by molar-refractivity contribution is -0.135. The van der Waals surface area contributed by atoms with Gasteiger partial charge in [0.05, 0.1) is 23.1 Å². The number of phenols is 1. The number of imide groups is 1. The number of methoxy groups -OCH3 is 1. The predicted octanol–water partition coefficient (Wildman–Crippen LogP) is 1.51. The van der Waals surface area contributed by atoms with Gasteiger partial charge in [0, 0.05) is 50.4 Å². The van der Waals surface area contributed by atoms with E-state index in [1.165, 1.54) is 27.3 Å². The summed E-state index contributed by atoms with van der Waals surface area (Å²) in [5.74, 6) is -3.81. The highest BCUT2D eigenvalue weighted by Crippen LogP contribution is 2.39. The average molecular weight is 724 g/mol. The molecule has 3 saturated heterocycles. The molecule has 4 aromatic rings. The molecule has 16 nitrogen and oxygen atoms in total. The molecule has 0 saturated carbocycles. The van der Waals surface area contributed by atoms with Crippen LogP contribution < -0.4 is 30.3 Å². The second-order valence-corrected chi connectivity index (χ2v) is 14.6. The number of carbonyl (C=O) groups excluding carboxylic acids is 4. The summed E-state index contributed by atoms with van der Waals surface area (Å²) in [7, 11) is -1.18. The van der Waals surface area contributed by atoms with Crippen molar-refractivity contribution in [3.8, 4) is 5.75 Å². The first-order chi connectivity index (χ1) is 24.2. The predicted molar refractivity (Wildman–Crippen MR) is 183 cm³/mol. The van der Waals surface area contributed by atoms with Crippen molar-refractivity contribution < 1.29 is 41.8 Å². The lowest BCUT2D eigenvalue weighted by Gasteiger charge is -2.41. The third-order valence-electron chi connectivity index (χ3n) is 9.93. The van der Waals surface area contributed by atoms with E-state index in [4.69, 9.17) is 4.74 Å². The lowest BCUT2D eigenvalue weighted by Crippen LogP contribution is -2.47. The third kappa shape index (κ3) is 5.93. The summed E-state index contributed by atoms with van der Waals surface area (Å²) in [4.78, 5) is 64.4. The summed E-state index contributed by atoms with van der Waals surface area (Å²) in [6.45, 7) is 0.403. The van der Waals surface area contributed by atoms with Gasteiger partial charge in [-0.25, -0.2) is 18.2 Å². The molecule has 18 heteroatoms. The van der Waals surface area contributed by atoms with Crippen LogP contribution in [0.15, 0.2) is 47.3 Å². The number of imidazole rings is 1. The van der Waals surface area contributed by atoms with Gasteiger partial charge in [-0.1, -0.05) is 0 Å².